The van der Waals surface area contributed by atoms with Crippen molar-refractivity contribution in [3.8, 4) is 0 Å². The summed E-state index contributed by atoms with van der Waals surface area (Å²) >= 11 is 0. The third-order valence-corrected chi connectivity index (χ3v) is 1.48. The molecule has 0 radical (unpaired) electrons. The minimum atomic E-state index is -4.80. The Morgan fingerprint density at radius 1 is 1.21 bits per heavy atom. The predicted molar refractivity (Wildman–Crippen MR) is 38.2 cm³/mol. The molecular weight excluding hydrogens is 205 g/mol. The molecule has 0 spiro atoms. The summed E-state index contributed by atoms with van der Waals surface area (Å²) in [5.41, 5.74) is 0. The molecule has 0 N–H and O–H groups in total. The van der Waals surface area contributed by atoms with E-state index in [1.54, 1.807) is 0 Å². The zero-order chi connectivity index (χ0) is 11.4. The van der Waals surface area contributed by atoms with Gasteiger partial charge in [-0.05, 0) is 0 Å². The van der Waals surface area contributed by atoms with E-state index < -0.39 is 30.5 Å². The molecule has 0 saturated carbocycles. The molecule has 0 aromatic carbocycles. The van der Waals surface area contributed by atoms with E-state index in [-0.39, 0.29) is 0 Å². The van der Waals surface area contributed by atoms with Crippen LogP contribution in [0.2, 0.25) is 0 Å². The largest absolute Gasteiger partial charge is 0.469 e. The number of ether oxygens (including phenoxy) is 2. The van der Waals surface area contributed by atoms with Crippen molar-refractivity contribution in [2.24, 2.45) is 5.92 Å². The molecule has 0 bridgehead atoms. The number of rotatable bonds is 3. The minimum Gasteiger partial charge on any atom is -0.469 e. The number of hydrogen-bond donors (Lipinski definition) is 0. The molecule has 14 heavy (non-hydrogen) atoms. The lowest BCUT2D eigenvalue weighted by atomic mass is 10.1. The van der Waals surface area contributed by atoms with Crippen molar-refractivity contribution in [3.05, 3.63) is 0 Å². The maximum Gasteiger partial charge on any atom is 0.402 e. The summed E-state index contributed by atoms with van der Waals surface area (Å²) in [6.07, 6.45) is -5.87. The molecule has 0 aliphatic rings. The van der Waals surface area contributed by atoms with Gasteiger partial charge in [0.15, 0.2) is 5.92 Å². The molecule has 0 aliphatic heterocycles. The normalized spacial score (nSPS) is 13.2. The second-order valence-corrected chi connectivity index (χ2v) is 2.40. The Morgan fingerprint density at radius 2 is 1.71 bits per heavy atom. The van der Waals surface area contributed by atoms with Crippen LogP contribution >= 0.6 is 0 Å². The lowest BCUT2D eigenvalue weighted by molar-refractivity contribution is -0.200. The van der Waals surface area contributed by atoms with E-state index in [1.165, 1.54) is 0 Å². The van der Waals surface area contributed by atoms with E-state index in [0.717, 1.165) is 14.2 Å². The Labute approximate surface area is 78.0 Å². The van der Waals surface area contributed by atoms with Crippen LogP contribution in [-0.4, -0.2) is 32.3 Å². The third-order valence-electron chi connectivity index (χ3n) is 1.48. The van der Waals surface area contributed by atoms with Gasteiger partial charge in [0.05, 0.1) is 20.6 Å². The highest BCUT2D eigenvalue weighted by atomic mass is 19.4. The van der Waals surface area contributed by atoms with Gasteiger partial charge in [0.1, 0.15) is 0 Å². The van der Waals surface area contributed by atoms with Gasteiger partial charge in [-0.1, -0.05) is 0 Å². The highest BCUT2D eigenvalue weighted by Crippen LogP contribution is 2.29. The van der Waals surface area contributed by atoms with Gasteiger partial charge in [-0.15, -0.1) is 0 Å². The highest BCUT2D eigenvalue weighted by molar-refractivity contribution is 5.80. The molecule has 0 fully saturated rings. The van der Waals surface area contributed by atoms with Crippen molar-refractivity contribution in [1.29, 1.82) is 0 Å². The van der Waals surface area contributed by atoms with E-state index in [0.29, 0.717) is 0 Å². The van der Waals surface area contributed by atoms with Crippen molar-refractivity contribution in [2.75, 3.05) is 14.2 Å². The van der Waals surface area contributed by atoms with Crippen LogP contribution in [0.3, 0.4) is 0 Å². The molecular formula is C7H9F3O4. The van der Waals surface area contributed by atoms with Crippen LogP contribution in [0.25, 0.3) is 0 Å². The van der Waals surface area contributed by atoms with Crippen molar-refractivity contribution >= 4 is 11.9 Å². The summed E-state index contributed by atoms with van der Waals surface area (Å²) in [5, 5.41) is 0. The van der Waals surface area contributed by atoms with Gasteiger partial charge < -0.3 is 9.47 Å². The summed E-state index contributed by atoms with van der Waals surface area (Å²) in [4.78, 5) is 21.2. The predicted octanol–water partition coefficient (Wildman–Crippen LogP) is 0.901. The summed E-state index contributed by atoms with van der Waals surface area (Å²) < 4.78 is 44.4. The Kier molecular flexibility index (Phi) is 4.39. The van der Waals surface area contributed by atoms with Crippen LogP contribution in [-0.2, 0) is 19.1 Å². The lowest BCUT2D eigenvalue weighted by Gasteiger charge is -2.16. The first-order valence-electron chi connectivity index (χ1n) is 3.54. The SMILES string of the molecule is COC(=O)CC(C(=O)OC)C(F)(F)F. The molecule has 4 nitrogen and oxygen atoms in total. The first-order valence-corrected chi connectivity index (χ1v) is 3.54. The van der Waals surface area contributed by atoms with Gasteiger partial charge in [0.2, 0.25) is 0 Å². The lowest BCUT2D eigenvalue weighted by Crippen LogP contribution is -2.33. The van der Waals surface area contributed by atoms with Gasteiger partial charge in [-0.25, -0.2) is 0 Å². The third kappa shape index (κ3) is 3.63. The molecule has 7 heteroatoms. The standard InChI is InChI=1S/C7H9F3O4/c1-13-5(11)3-4(6(12)14-2)7(8,9)10/h4H,3H2,1-2H3. The number of hydrogen-bond acceptors (Lipinski definition) is 4. The fraction of sp³-hybridized carbons (Fsp3) is 0.714. The van der Waals surface area contributed by atoms with Crippen LogP contribution in [0.4, 0.5) is 13.2 Å². The number of carbonyl (C=O) groups excluding carboxylic acids is 2. The first kappa shape index (κ1) is 12.7. The van der Waals surface area contributed by atoms with Crippen LogP contribution in [0.5, 0.6) is 0 Å². The molecule has 0 heterocycles. The van der Waals surface area contributed by atoms with Crippen molar-refractivity contribution in [3.63, 3.8) is 0 Å². The Morgan fingerprint density at radius 3 is 2.00 bits per heavy atom. The maximum atomic E-state index is 12.1. The van der Waals surface area contributed by atoms with E-state index >= 15 is 0 Å². The average molecular weight is 214 g/mol. The number of esters is 2. The van der Waals surface area contributed by atoms with Crippen LogP contribution in [0.15, 0.2) is 0 Å². The van der Waals surface area contributed by atoms with Crippen molar-refractivity contribution in [2.45, 2.75) is 12.6 Å². The molecule has 82 valence electrons. The Bertz CT molecular complexity index is 223. The van der Waals surface area contributed by atoms with Gasteiger partial charge in [-0.3, -0.25) is 9.59 Å². The van der Waals surface area contributed by atoms with Crippen LogP contribution in [0.1, 0.15) is 6.42 Å². The molecule has 1 unspecified atom stereocenters. The number of alkyl halides is 3. The second kappa shape index (κ2) is 4.83. The number of carbonyl (C=O) groups is 2. The molecule has 0 amide bonds. The topological polar surface area (TPSA) is 52.6 Å². The van der Waals surface area contributed by atoms with Crippen molar-refractivity contribution in [1.82, 2.24) is 0 Å². The monoisotopic (exact) mass is 214 g/mol. The maximum absolute atomic E-state index is 12.1. The molecule has 0 aromatic rings. The van der Waals surface area contributed by atoms with E-state index in [4.69, 9.17) is 0 Å². The van der Waals surface area contributed by atoms with Gasteiger partial charge in [0, 0.05) is 0 Å². The van der Waals surface area contributed by atoms with E-state index in [1.807, 2.05) is 0 Å². The number of halogens is 3. The summed E-state index contributed by atoms with van der Waals surface area (Å²) in [6.45, 7) is 0. The molecule has 0 rings (SSSR count). The van der Waals surface area contributed by atoms with Crippen LogP contribution < -0.4 is 0 Å². The fourth-order valence-corrected chi connectivity index (χ4v) is 0.725. The molecule has 0 aliphatic carbocycles. The van der Waals surface area contributed by atoms with Gasteiger partial charge in [0.25, 0.3) is 0 Å². The van der Waals surface area contributed by atoms with Crippen molar-refractivity contribution < 1.29 is 32.2 Å². The average Bonchev–Trinajstić information content (AvgIpc) is 2.10. The highest BCUT2D eigenvalue weighted by Gasteiger charge is 2.47. The van der Waals surface area contributed by atoms with Gasteiger partial charge in [-0.2, -0.15) is 13.2 Å². The molecule has 0 aromatic heterocycles. The summed E-state index contributed by atoms with van der Waals surface area (Å²) in [7, 11) is 1.76. The quantitative estimate of drug-likeness (QED) is 0.655. The van der Waals surface area contributed by atoms with Crippen LogP contribution in [0, 0.1) is 5.92 Å². The number of methoxy groups -OCH3 is 2. The Hall–Kier alpha value is -1.27. The second-order valence-electron chi connectivity index (χ2n) is 2.40. The fourth-order valence-electron chi connectivity index (χ4n) is 0.725. The van der Waals surface area contributed by atoms with Gasteiger partial charge >= 0.3 is 18.1 Å². The van der Waals surface area contributed by atoms with E-state index in [2.05, 4.69) is 9.47 Å². The summed E-state index contributed by atoms with van der Waals surface area (Å²) in [6, 6.07) is 0. The summed E-state index contributed by atoms with van der Waals surface area (Å²) in [5.74, 6) is -5.07. The minimum absolute atomic E-state index is 0.818. The zero-order valence-corrected chi connectivity index (χ0v) is 7.55. The zero-order valence-electron chi connectivity index (χ0n) is 7.55. The molecule has 1 atom stereocenters. The molecule has 0 saturated heterocycles. The van der Waals surface area contributed by atoms with E-state index in [9.17, 15) is 22.8 Å². The Balaban J connectivity index is 4.58. The first-order chi connectivity index (χ1) is 6.32. The smallest absolute Gasteiger partial charge is 0.402 e.